The molecule has 1 amide bonds. The van der Waals surface area contributed by atoms with Crippen LogP contribution in [0.5, 0.6) is 0 Å². The van der Waals surface area contributed by atoms with Crippen molar-refractivity contribution in [3.8, 4) is 0 Å². The van der Waals surface area contributed by atoms with Crippen molar-refractivity contribution in [3.05, 3.63) is 76.2 Å². The van der Waals surface area contributed by atoms with Crippen LogP contribution >= 0.6 is 0 Å². The smallest absolute Gasteiger partial charge is 0.410 e. The van der Waals surface area contributed by atoms with Crippen molar-refractivity contribution >= 4 is 23.1 Å². The third kappa shape index (κ3) is 4.28. The highest BCUT2D eigenvalue weighted by molar-refractivity contribution is 5.93. The lowest BCUT2D eigenvalue weighted by Crippen LogP contribution is -2.30. The first kappa shape index (κ1) is 20.6. The van der Waals surface area contributed by atoms with Crippen molar-refractivity contribution in [1.82, 2.24) is 14.5 Å². The summed E-state index contributed by atoms with van der Waals surface area (Å²) in [4.78, 5) is 43.6. The van der Waals surface area contributed by atoms with Crippen molar-refractivity contribution in [2.45, 2.75) is 26.0 Å². The Hall–Kier alpha value is -3.68. The second-order valence-electron chi connectivity index (χ2n) is 7.30. The Balaban J connectivity index is 1.56. The SMILES string of the molecule is CCOC(=O)c1cn([C@H]2CCN(C(=O)OCc3ccccc3)C2)c2ncccc2c1=O. The molecule has 2 aromatic heterocycles. The van der Waals surface area contributed by atoms with Crippen LogP contribution in [-0.2, 0) is 16.1 Å². The summed E-state index contributed by atoms with van der Waals surface area (Å²) in [6.07, 6.45) is 3.36. The number of benzene rings is 1. The van der Waals surface area contributed by atoms with Crippen LogP contribution in [-0.4, -0.2) is 46.2 Å². The van der Waals surface area contributed by atoms with Crippen molar-refractivity contribution in [2.24, 2.45) is 0 Å². The van der Waals surface area contributed by atoms with E-state index in [2.05, 4.69) is 4.98 Å². The molecule has 0 bridgehead atoms. The summed E-state index contributed by atoms with van der Waals surface area (Å²) in [6, 6.07) is 12.6. The molecule has 4 rings (SSSR count). The molecule has 31 heavy (non-hydrogen) atoms. The summed E-state index contributed by atoms with van der Waals surface area (Å²) in [6.45, 7) is 2.97. The maximum Gasteiger partial charge on any atom is 0.410 e. The molecule has 0 radical (unpaired) electrons. The molecule has 3 heterocycles. The van der Waals surface area contributed by atoms with E-state index < -0.39 is 17.5 Å². The molecule has 1 aliphatic rings. The largest absolute Gasteiger partial charge is 0.462 e. The predicted octanol–water partition coefficient (Wildman–Crippen LogP) is 3.16. The molecule has 0 spiro atoms. The van der Waals surface area contributed by atoms with E-state index in [1.807, 2.05) is 30.3 Å². The third-order valence-electron chi connectivity index (χ3n) is 5.30. The van der Waals surface area contributed by atoms with Crippen LogP contribution < -0.4 is 5.43 Å². The lowest BCUT2D eigenvalue weighted by molar-refractivity contribution is 0.0523. The maximum absolute atomic E-state index is 12.8. The second-order valence-corrected chi connectivity index (χ2v) is 7.30. The lowest BCUT2D eigenvalue weighted by atomic mass is 10.1. The van der Waals surface area contributed by atoms with E-state index in [9.17, 15) is 14.4 Å². The van der Waals surface area contributed by atoms with Gasteiger partial charge >= 0.3 is 12.1 Å². The van der Waals surface area contributed by atoms with Crippen molar-refractivity contribution in [2.75, 3.05) is 19.7 Å². The van der Waals surface area contributed by atoms with Gasteiger partial charge in [0.2, 0.25) is 5.43 Å². The van der Waals surface area contributed by atoms with Crippen LogP contribution in [0.4, 0.5) is 4.79 Å². The van der Waals surface area contributed by atoms with Gasteiger partial charge in [-0.3, -0.25) is 4.79 Å². The van der Waals surface area contributed by atoms with Gasteiger partial charge in [0.25, 0.3) is 0 Å². The highest BCUT2D eigenvalue weighted by atomic mass is 16.6. The van der Waals surface area contributed by atoms with Gasteiger partial charge in [-0.25, -0.2) is 14.6 Å². The van der Waals surface area contributed by atoms with E-state index in [1.165, 1.54) is 6.20 Å². The summed E-state index contributed by atoms with van der Waals surface area (Å²) in [7, 11) is 0. The molecule has 1 atom stereocenters. The average Bonchev–Trinajstić information content (AvgIpc) is 3.29. The Bertz CT molecular complexity index is 1160. The van der Waals surface area contributed by atoms with Crippen molar-refractivity contribution in [3.63, 3.8) is 0 Å². The highest BCUT2D eigenvalue weighted by Gasteiger charge is 2.30. The fourth-order valence-corrected chi connectivity index (χ4v) is 3.76. The average molecular weight is 421 g/mol. The second kappa shape index (κ2) is 8.99. The molecule has 0 saturated carbocycles. The lowest BCUT2D eigenvalue weighted by Gasteiger charge is -2.20. The number of rotatable bonds is 5. The van der Waals surface area contributed by atoms with Gasteiger partial charge in [0, 0.05) is 25.5 Å². The molecule has 1 aromatic carbocycles. The molecule has 160 valence electrons. The van der Waals surface area contributed by atoms with Gasteiger partial charge in [-0.15, -0.1) is 0 Å². The van der Waals surface area contributed by atoms with Crippen LogP contribution in [0.3, 0.4) is 0 Å². The number of amides is 1. The first-order valence-electron chi connectivity index (χ1n) is 10.2. The van der Waals surface area contributed by atoms with Crippen LogP contribution in [0.2, 0.25) is 0 Å². The van der Waals surface area contributed by atoms with Crippen LogP contribution in [0.1, 0.15) is 35.3 Å². The molecule has 3 aromatic rings. The molecule has 0 N–H and O–H groups in total. The zero-order valence-electron chi connectivity index (χ0n) is 17.2. The number of nitrogens with zero attached hydrogens (tertiary/aromatic N) is 3. The molecule has 0 aliphatic carbocycles. The summed E-state index contributed by atoms with van der Waals surface area (Å²) < 4.78 is 12.3. The minimum atomic E-state index is -0.663. The normalized spacial score (nSPS) is 15.8. The summed E-state index contributed by atoms with van der Waals surface area (Å²) in [5.41, 5.74) is 0.953. The number of carbonyl (C=O) groups excluding carboxylic acids is 2. The van der Waals surface area contributed by atoms with E-state index in [0.29, 0.717) is 30.5 Å². The minimum Gasteiger partial charge on any atom is -0.462 e. The van der Waals surface area contributed by atoms with Gasteiger partial charge in [0.15, 0.2) is 0 Å². The Morgan fingerprint density at radius 3 is 2.71 bits per heavy atom. The minimum absolute atomic E-state index is 0.0348. The quantitative estimate of drug-likeness (QED) is 0.588. The van der Waals surface area contributed by atoms with E-state index in [-0.39, 0.29) is 24.8 Å². The topological polar surface area (TPSA) is 90.7 Å². The van der Waals surface area contributed by atoms with Gasteiger partial charge in [-0.2, -0.15) is 0 Å². The Kier molecular flexibility index (Phi) is 5.97. The van der Waals surface area contributed by atoms with Crippen molar-refractivity contribution < 1.29 is 19.1 Å². The number of carbonyl (C=O) groups is 2. The van der Waals surface area contributed by atoms with Gasteiger partial charge < -0.3 is 18.9 Å². The molecule has 8 nitrogen and oxygen atoms in total. The Morgan fingerprint density at radius 1 is 1.13 bits per heavy atom. The molecular weight excluding hydrogens is 398 g/mol. The van der Waals surface area contributed by atoms with Crippen LogP contribution in [0, 0.1) is 0 Å². The maximum atomic E-state index is 12.8. The number of likely N-dealkylation sites (tertiary alicyclic amines) is 1. The van der Waals surface area contributed by atoms with Crippen LogP contribution in [0.25, 0.3) is 11.0 Å². The number of fused-ring (bicyclic) bond motifs is 1. The molecule has 0 unspecified atom stereocenters. The summed E-state index contributed by atoms with van der Waals surface area (Å²) >= 11 is 0. The Labute approximate surface area is 179 Å². The Morgan fingerprint density at radius 2 is 1.94 bits per heavy atom. The monoisotopic (exact) mass is 421 g/mol. The van der Waals surface area contributed by atoms with Crippen LogP contribution in [0.15, 0.2) is 59.7 Å². The zero-order chi connectivity index (χ0) is 21.8. The fourth-order valence-electron chi connectivity index (χ4n) is 3.76. The fraction of sp³-hybridized carbons (Fsp3) is 0.304. The predicted molar refractivity (Wildman–Crippen MR) is 114 cm³/mol. The standard InChI is InChI=1S/C23H23N3O5/c1-2-30-22(28)19-14-26(21-18(20(19)27)9-6-11-24-21)17-10-12-25(13-17)23(29)31-15-16-7-4-3-5-8-16/h3-9,11,14,17H,2,10,12-13,15H2,1H3/t17-/m0/s1. The number of esters is 1. The first-order valence-corrected chi connectivity index (χ1v) is 10.2. The van der Waals surface area contributed by atoms with E-state index >= 15 is 0 Å². The molecule has 1 fully saturated rings. The zero-order valence-corrected chi connectivity index (χ0v) is 17.2. The summed E-state index contributed by atoms with van der Waals surface area (Å²) in [5, 5.41) is 0.346. The summed E-state index contributed by atoms with van der Waals surface area (Å²) in [5.74, 6) is -0.663. The first-order chi connectivity index (χ1) is 15.1. The van der Waals surface area contributed by atoms with E-state index in [0.717, 1.165) is 5.56 Å². The van der Waals surface area contributed by atoms with E-state index in [1.54, 1.807) is 34.7 Å². The van der Waals surface area contributed by atoms with E-state index in [4.69, 9.17) is 9.47 Å². The number of hydrogen-bond acceptors (Lipinski definition) is 6. The number of ether oxygens (including phenoxy) is 2. The van der Waals surface area contributed by atoms with Gasteiger partial charge in [-0.05, 0) is 31.0 Å². The molecule has 1 saturated heterocycles. The molecule has 1 aliphatic heterocycles. The molecule has 8 heteroatoms. The van der Waals surface area contributed by atoms with Gasteiger partial charge in [-0.1, -0.05) is 30.3 Å². The number of aromatic nitrogens is 2. The number of pyridine rings is 2. The number of hydrogen-bond donors (Lipinski definition) is 0. The third-order valence-corrected chi connectivity index (χ3v) is 5.30. The van der Waals surface area contributed by atoms with Gasteiger partial charge in [0.1, 0.15) is 17.8 Å². The van der Waals surface area contributed by atoms with Gasteiger partial charge in [0.05, 0.1) is 18.0 Å². The highest BCUT2D eigenvalue weighted by Crippen LogP contribution is 2.25. The molecular formula is C23H23N3O5. The van der Waals surface area contributed by atoms with Crippen molar-refractivity contribution in [1.29, 1.82) is 0 Å².